The fourth-order valence-electron chi connectivity index (χ4n) is 5.73. The van der Waals surface area contributed by atoms with Gasteiger partial charge in [0.05, 0.1) is 23.3 Å². The largest absolute Gasteiger partial charge is 2.00 e. The van der Waals surface area contributed by atoms with Gasteiger partial charge in [0.15, 0.2) is 0 Å². The van der Waals surface area contributed by atoms with Crippen LogP contribution in [0.3, 0.4) is 0 Å². The molecule has 215 valence electrons. The molecule has 0 fully saturated rings. The Labute approximate surface area is 264 Å². The summed E-state index contributed by atoms with van der Waals surface area (Å²) in [7, 11) is 0. The van der Waals surface area contributed by atoms with E-state index in [0.29, 0.717) is 68.6 Å². The van der Waals surface area contributed by atoms with Crippen molar-refractivity contribution in [3.05, 3.63) is 72.8 Å². The van der Waals surface area contributed by atoms with Crippen molar-refractivity contribution in [1.29, 1.82) is 0 Å². The van der Waals surface area contributed by atoms with Crippen molar-refractivity contribution in [3.63, 3.8) is 0 Å². The molecule has 8 N–H and O–H groups in total. The van der Waals surface area contributed by atoms with Crippen molar-refractivity contribution in [2.24, 2.45) is 0 Å². The molecule has 0 unspecified atom stereocenters. The van der Waals surface area contributed by atoms with Gasteiger partial charge >= 0.3 is 17.1 Å². The number of nitrogens with zero attached hydrogens (tertiary/aromatic N) is 8. The van der Waals surface area contributed by atoms with Gasteiger partial charge in [-0.05, 0) is 82.2 Å². The van der Waals surface area contributed by atoms with E-state index in [2.05, 4.69) is 0 Å². The second kappa shape index (κ2) is 9.48. The molecule has 12 nitrogen and oxygen atoms in total. The van der Waals surface area contributed by atoms with Gasteiger partial charge in [-0.1, -0.05) is 12.1 Å². The van der Waals surface area contributed by atoms with Crippen LogP contribution >= 0.6 is 0 Å². The molecule has 45 heavy (non-hydrogen) atoms. The summed E-state index contributed by atoms with van der Waals surface area (Å²) in [5, 5.41) is 2.97. The van der Waals surface area contributed by atoms with Gasteiger partial charge in [0.2, 0.25) is 0 Å². The third kappa shape index (κ3) is 4.06. The van der Waals surface area contributed by atoms with Crippen LogP contribution in [0.1, 0.15) is 0 Å². The summed E-state index contributed by atoms with van der Waals surface area (Å²) in [6.07, 6.45) is 0. The first-order valence-electron chi connectivity index (χ1n) is 13.7. The summed E-state index contributed by atoms with van der Waals surface area (Å²) in [5.74, 6) is 1.68. The molecule has 9 rings (SSSR count). The number of nitrogens with two attached hydrogens (primary N) is 4. The molecule has 8 bridgehead atoms. The van der Waals surface area contributed by atoms with Gasteiger partial charge in [0.25, 0.3) is 0 Å². The molecule has 0 saturated heterocycles. The van der Waals surface area contributed by atoms with E-state index in [4.69, 9.17) is 62.8 Å². The van der Waals surface area contributed by atoms with Gasteiger partial charge in [-0.15, -0.1) is 0 Å². The summed E-state index contributed by atoms with van der Waals surface area (Å²) >= 11 is 0. The van der Waals surface area contributed by atoms with Crippen molar-refractivity contribution in [1.82, 2.24) is 39.9 Å². The molecule has 0 amide bonds. The molecule has 2 aliphatic heterocycles. The van der Waals surface area contributed by atoms with E-state index in [0.717, 1.165) is 43.8 Å². The van der Waals surface area contributed by atoms with Crippen molar-refractivity contribution >= 4 is 66.9 Å². The van der Waals surface area contributed by atoms with Gasteiger partial charge in [0.1, 0.15) is 0 Å². The van der Waals surface area contributed by atoms with Crippen molar-refractivity contribution < 1.29 is 17.1 Å². The Hall–Kier alpha value is -6.04. The third-order valence-electron chi connectivity index (χ3n) is 7.80. The summed E-state index contributed by atoms with van der Waals surface area (Å²) in [4.78, 5) is 39.0. The van der Waals surface area contributed by atoms with Crippen LogP contribution in [0.4, 0.5) is 22.7 Å². The average Bonchev–Trinajstić information content (AvgIpc) is 3.71. The molecule has 0 spiro atoms. The Kier molecular flexibility index (Phi) is 5.60. The van der Waals surface area contributed by atoms with E-state index in [-0.39, 0.29) is 17.1 Å². The van der Waals surface area contributed by atoms with Gasteiger partial charge in [-0.25, -0.2) is 9.97 Å². The second-order valence-electron chi connectivity index (χ2n) is 10.7. The quantitative estimate of drug-likeness (QED) is 0.136. The van der Waals surface area contributed by atoms with E-state index in [9.17, 15) is 0 Å². The third-order valence-corrected chi connectivity index (χ3v) is 7.80. The maximum atomic E-state index is 6.19. The number of anilines is 4. The average molecular weight is 628 g/mol. The predicted molar refractivity (Wildman–Crippen MR) is 172 cm³/mol. The first-order valence-corrected chi connectivity index (χ1v) is 13.7. The molecule has 2 aliphatic rings. The summed E-state index contributed by atoms with van der Waals surface area (Å²) in [6.45, 7) is 0. The van der Waals surface area contributed by atoms with Gasteiger partial charge < -0.3 is 52.8 Å². The summed E-state index contributed by atoms with van der Waals surface area (Å²) < 4.78 is 0. The second-order valence-corrected chi connectivity index (χ2v) is 10.7. The number of hydrogen-bond donors (Lipinski definition) is 4. The Morgan fingerprint density at radius 2 is 0.689 bits per heavy atom. The Bertz CT molecular complexity index is 2390. The number of aromatic nitrogens is 8. The van der Waals surface area contributed by atoms with Crippen molar-refractivity contribution in [2.75, 3.05) is 22.9 Å². The topological polar surface area (TPSA) is 210 Å². The number of rotatable bonds is 0. The van der Waals surface area contributed by atoms with Crippen LogP contribution in [0.15, 0.2) is 72.8 Å². The van der Waals surface area contributed by atoms with Crippen molar-refractivity contribution in [2.45, 2.75) is 0 Å². The van der Waals surface area contributed by atoms with E-state index in [1.165, 1.54) is 0 Å². The smallest absolute Gasteiger partial charge is 0.399 e. The maximum Gasteiger partial charge on any atom is 2.00 e. The monoisotopic (exact) mass is 627 g/mol. The van der Waals surface area contributed by atoms with E-state index < -0.39 is 0 Å². The number of benzene rings is 4. The molecule has 13 heteroatoms. The van der Waals surface area contributed by atoms with E-state index >= 15 is 0 Å². The molecule has 3 aromatic heterocycles. The van der Waals surface area contributed by atoms with Crippen LogP contribution in [-0.4, -0.2) is 29.9 Å². The summed E-state index contributed by atoms with van der Waals surface area (Å²) in [5.41, 5.74) is 31.7. The zero-order valence-corrected chi connectivity index (χ0v) is 24.4. The van der Waals surface area contributed by atoms with Crippen LogP contribution in [0.2, 0.25) is 0 Å². The fourth-order valence-corrected chi connectivity index (χ4v) is 5.73. The summed E-state index contributed by atoms with van der Waals surface area (Å²) in [6, 6.07) is 22.0. The van der Waals surface area contributed by atoms with Crippen LogP contribution < -0.4 is 32.9 Å². The minimum atomic E-state index is 0. The number of nitrogen functional groups attached to an aromatic ring is 4. The number of hydrogen-bond acceptors (Lipinski definition) is 10. The normalized spacial score (nSPS) is 11.7. The molecule has 0 aliphatic carbocycles. The standard InChI is InChI=1S/C32H20N12.Mn/c33-13-1-5-17-21(9-13)29-37-25(17)41-30-22-10-14(34)2-6-18(22)27(38-30)43-32-24-12-16(36)4-8-20(24)28(40-32)44-31-23-11-15(35)3-7-19(23)26(39-31)42-29;/h1-12H,33-36H2;/q-2;+2. The fraction of sp³-hybridized carbons (Fsp3) is 0. The molecule has 1 radical (unpaired) electrons. The Balaban J connectivity index is 0.00000300. The minimum Gasteiger partial charge on any atom is -0.399 e. The van der Waals surface area contributed by atoms with Crippen LogP contribution in [0, 0.1) is 0 Å². The number of fused-ring (bicyclic) bond motifs is 20. The van der Waals surface area contributed by atoms with Crippen LogP contribution in [0.25, 0.3) is 89.7 Å². The molecular weight excluding hydrogens is 607 g/mol. The van der Waals surface area contributed by atoms with Gasteiger partial charge in [0, 0.05) is 67.6 Å². The van der Waals surface area contributed by atoms with Crippen LogP contribution in [0.5, 0.6) is 0 Å². The molecule has 0 atom stereocenters. The maximum absolute atomic E-state index is 6.19. The first kappa shape index (κ1) is 26.6. The predicted octanol–water partition coefficient (Wildman–Crippen LogP) is 4.45. The minimum absolute atomic E-state index is 0. The Morgan fingerprint density at radius 3 is 1.11 bits per heavy atom. The SMILES string of the molecule is Nc1ccc2c(c1)-c1nc-2nc2[n-]c(nc3nc(nc4[n-]c(n1)c1ccc(N)cc41)-c1ccc(N)cc1-3)c1ccc(N)cc21.[Mn+2]. The molecule has 4 aromatic carbocycles. The van der Waals surface area contributed by atoms with E-state index in [1.807, 2.05) is 48.5 Å². The zero-order chi connectivity index (χ0) is 29.7. The molecule has 7 aromatic rings. The molecule has 5 heterocycles. The van der Waals surface area contributed by atoms with Crippen molar-refractivity contribution in [3.8, 4) is 45.6 Å². The molecular formula is C32H20MnN12. The van der Waals surface area contributed by atoms with Gasteiger partial charge in [-0.3, -0.25) is 0 Å². The Morgan fingerprint density at radius 1 is 0.356 bits per heavy atom. The molecule has 0 saturated carbocycles. The first-order chi connectivity index (χ1) is 21.4. The van der Waals surface area contributed by atoms with E-state index in [1.54, 1.807) is 24.3 Å². The zero-order valence-electron chi connectivity index (χ0n) is 23.2. The van der Waals surface area contributed by atoms with Gasteiger partial charge in [-0.2, -0.15) is 0 Å². The van der Waals surface area contributed by atoms with Crippen LogP contribution in [-0.2, 0) is 17.1 Å².